The van der Waals surface area contributed by atoms with Crippen LogP contribution in [0.4, 0.5) is 0 Å². The molecule has 0 amide bonds. The summed E-state index contributed by atoms with van der Waals surface area (Å²) in [5.74, 6) is -1.23. The van der Waals surface area contributed by atoms with E-state index in [1.165, 1.54) is 12.2 Å². The summed E-state index contributed by atoms with van der Waals surface area (Å²) in [6.45, 7) is 5.06. The third-order valence-corrected chi connectivity index (χ3v) is 1.93. The number of hydrogen-bond acceptors (Lipinski definition) is 4. The van der Waals surface area contributed by atoms with Crippen LogP contribution in [0.5, 0.6) is 0 Å². The van der Waals surface area contributed by atoms with Crippen molar-refractivity contribution in [1.29, 1.82) is 0 Å². The fraction of sp³-hybridized carbons (Fsp3) is 0.417. The summed E-state index contributed by atoms with van der Waals surface area (Å²) in [7, 11) is 1.78. The third kappa shape index (κ3) is 4.22. The zero-order valence-corrected chi connectivity index (χ0v) is 10.4. The van der Waals surface area contributed by atoms with Gasteiger partial charge in [-0.15, -0.1) is 0 Å². The van der Waals surface area contributed by atoms with E-state index in [4.69, 9.17) is 0 Å². The Morgan fingerprint density at radius 3 is 2.53 bits per heavy atom. The molecule has 0 atom stereocenters. The lowest BCUT2D eigenvalue weighted by atomic mass is 9.97. The van der Waals surface area contributed by atoms with Gasteiger partial charge in [-0.2, -0.15) is 5.10 Å². The third-order valence-electron chi connectivity index (χ3n) is 1.93. The second kappa shape index (κ2) is 4.95. The van der Waals surface area contributed by atoms with Gasteiger partial charge in [-0.3, -0.25) is 9.48 Å². The monoisotopic (exact) mass is 236 g/mol. The molecule has 0 radical (unpaired) electrons. The number of hydrogen-bond donors (Lipinski definition) is 0. The second-order valence-corrected chi connectivity index (χ2v) is 4.71. The van der Waals surface area contributed by atoms with Crippen LogP contribution < -0.4 is 0 Å². The molecule has 1 heterocycles. The highest BCUT2D eigenvalue weighted by atomic mass is 16.6. The highest BCUT2D eigenvalue weighted by Gasteiger charge is 2.24. The van der Waals surface area contributed by atoms with E-state index in [0.29, 0.717) is 5.69 Å². The van der Waals surface area contributed by atoms with Crippen LogP contribution in [0.15, 0.2) is 18.3 Å². The van der Waals surface area contributed by atoms with Crippen molar-refractivity contribution in [3.8, 4) is 0 Å². The number of carbonyl (C=O) groups excluding carboxylic acids is 2. The minimum absolute atomic E-state index is 0.548. The number of carbonyl (C=O) groups is 2. The number of aromatic nitrogens is 2. The van der Waals surface area contributed by atoms with Crippen LogP contribution in [-0.2, 0) is 21.4 Å². The molecule has 0 saturated heterocycles. The molecule has 0 N–H and O–H groups in total. The highest BCUT2D eigenvalue weighted by Crippen LogP contribution is 2.15. The normalized spacial score (nSPS) is 11.8. The Morgan fingerprint density at radius 2 is 2.06 bits per heavy atom. The lowest BCUT2D eigenvalue weighted by Crippen LogP contribution is -2.25. The van der Waals surface area contributed by atoms with Gasteiger partial charge in [0.25, 0.3) is 0 Å². The molecule has 5 nitrogen and oxygen atoms in total. The zero-order chi connectivity index (χ0) is 13.1. The van der Waals surface area contributed by atoms with E-state index in [1.807, 2.05) is 0 Å². The number of rotatable bonds is 2. The molecule has 0 saturated carbocycles. The van der Waals surface area contributed by atoms with Gasteiger partial charge in [0.2, 0.25) is 0 Å². The van der Waals surface area contributed by atoms with Crippen molar-refractivity contribution in [2.75, 3.05) is 0 Å². The SMILES string of the molecule is Cn1ccc(/C=C/C(=O)OC(=O)C(C)(C)C)n1. The quantitative estimate of drug-likeness (QED) is 0.444. The molecule has 5 heteroatoms. The van der Waals surface area contributed by atoms with E-state index in [1.54, 1.807) is 44.8 Å². The lowest BCUT2D eigenvalue weighted by Gasteiger charge is -2.14. The van der Waals surface area contributed by atoms with E-state index in [-0.39, 0.29) is 0 Å². The van der Waals surface area contributed by atoms with Crippen molar-refractivity contribution in [3.05, 3.63) is 24.0 Å². The van der Waals surface area contributed by atoms with Gasteiger partial charge in [0.15, 0.2) is 0 Å². The van der Waals surface area contributed by atoms with E-state index in [2.05, 4.69) is 9.84 Å². The smallest absolute Gasteiger partial charge is 0.338 e. The Kier molecular flexibility index (Phi) is 3.83. The standard InChI is InChI=1S/C12H16N2O3/c1-12(2,3)11(16)17-10(15)6-5-9-7-8-14(4)13-9/h5-8H,1-4H3/b6-5+. The van der Waals surface area contributed by atoms with Crippen LogP contribution in [0.2, 0.25) is 0 Å². The molecule has 1 rings (SSSR count). The first-order chi connectivity index (χ1) is 7.79. The first-order valence-electron chi connectivity index (χ1n) is 5.23. The van der Waals surface area contributed by atoms with Crippen LogP contribution in [-0.4, -0.2) is 21.7 Å². The van der Waals surface area contributed by atoms with Crippen molar-refractivity contribution in [3.63, 3.8) is 0 Å². The maximum Gasteiger partial charge on any atom is 0.338 e. The van der Waals surface area contributed by atoms with Crippen molar-refractivity contribution in [1.82, 2.24) is 9.78 Å². The van der Waals surface area contributed by atoms with Gasteiger partial charge in [0, 0.05) is 19.3 Å². The average Bonchev–Trinajstić information content (AvgIpc) is 2.60. The lowest BCUT2D eigenvalue weighted by molar-refractivity contribution is -0.162. The predicted octanol–water partition coefficient (Wildman–Crippen LogP) is 1.55. The van der Waals surface area contributed by atoms with Crippen molar-refractivity contribution >= 4 is 18.0 Å². The fourth-order valence-electron chi connectivity index (χ4n) is 0.954. The van der Waals surface area contributed by atoms with E-state index >= 15 is 0 Å². The second-order valence-electron chi connectivity index (χ2n) is 4.71. The first-order valence-corrected chi connectivity index (χ1v) is 5.23. The van der Waals surface area contributed by atoms with Crippen molar-refractivity contribution in [2.45, 2.75) is 20.8 Å². The Balaban J connectivity index is 2.56. The summed E-state index contributed by atoms with van der Waals surface area (Å²) < 4.78 is 6.26. The van der Waals surface area contributed by atoms with Gasteiger partial charge >= 0.3 is 11.9 Å². The van der Waals surface area contributed by atoms with Gasteiger partial charge in [-0.25, -0.2) is 4.79 Å². The van der Waals surface area contributed by atoms with Gasteiger partial charge in [0.05, 0.1) is 11.1 Å². The molecular weight excluding hydrogens is 220 g/mol. The number of ether oxygens (including phenoxy) is 1. The summed E-state index contributed by atoms with van der Waals surface area (Å²) in [6, 6.07) is 1.75. The van der Waals surface area contributed by atoms with Gasteiger partial charge in [-0.05, 0) is 32.9 Å². The number of nitrogens with zero attached hydrogens (tertiary/aromatic N) is 2. The summed E-state index contributed by atoms with van der Waals surface area (Å²) in [4.78, 5) is 22.7. The molecule has 17 heavy (non-hydrogen) atoms. The van der Waals surface area contributed by atoms with Crippen LogP contribution in [0, 0.1) is 5.41 Å². The Morgan fingerprint density at radius 1 is 1.41 bits per heavy atom. The molecule has 0 fully saturated rings. The van der Waals surface area contributed by atoms with Crippen LogP contribution in [0.3, 0.4) is 0 Å². The van der Waals surface area contributed by atoms with E-state index in [0.717, 1.165) is 0 Å². The number of esters is 2. The molecule has 0 spiro atoms. The van der Waals surface area contributed by atoms with Gasteiger partial charge in [-0.1, -0.05) is 0 Å². The molecule has 0 aliphatic heterocycles. The minimum Gasteiger partial charge on any atom is -0.389 e. The molecular formula is C12H16N2O3. The topological polar surface area (TPSA) is 61.2 Å². The van der Waals surface area contributed by atoms with Crippen LogP contribution in [0.1, 0.15) is 26.5 Å². The van der Waals surface area contributed by atoms with Crippen LogP contribution >= 0.6 is 0 Å². The molecule has 1 aromatic rings. The maximum absolute atomic E-state index is 11.4. The highest BCUT2D eigenvalue weighted by molar-refractivity contribution is 5.95. The molecule has 1 aromatic heterocycles. The minimum atomic E-state index is -0.686. The molecule has 0 aromatic carbocycles. The number of aryl methyl sites for hydroxylation is 1. The van der Waals surface area contributed by atoms with Crippen molar-refractivity contribution in [2.24, 2.45) is 12.5 Å². The molecule has 0 aliphatic rings. The Labute approximate surface area is 100 Å². The Hall–Kier alpha value is -1.91. The maximum atomic E-state index is 11.4. The molecule has 92 valence electrons. The molecule has 0 unspecified atom stereocenters. The summed E-state index contributed by atoms with van der Waals surface area (Å²) >= 11 is 0. The summed E-state index contributed by atoms with van der Waals surface area (Å²) in [5.41, 5.74) is -0.0539. The van der Waals surface area contributed by atoms with Crippen LogP contribution in [0.25, 0.3) is 6.08 Å². The largest absolute Gasteiger partial charge is 0.389 e. The van der Waals surface area contributed by atoms with E-state index in [9.17, 15) is 9.59 Å². The molecule has 0 bridgehead atoms. The first kappa shape index (κ1) is 13.2. The zero-order valence-electron chi connectivity index (χ0n) is 10.4. The summed E-state index contributed by atoms with van der Waals surface area (Å²) in [6.07, 6.45) is 4.44. The van der Waals surface area contributed by atoms with Gasteiger partial charge < -0.3 is 4.74 Å². The van der Waals surface area contributed by atoms with Crippen molar-refractivity contribution < 1.29 is 14.3 Å². The summed E-state index contributed by atoms with van der Waals surface area (Å²) in [5, 5.41) is 4.05. The van der Waals surface area contributed by atoms with E-state index < -0.39 is 17.4 Å². The molecule has 0 aliphatic carbocycles. The fourth-order valence-corrected chi connectivity index (χ4v) is 0.954. The van der Waals surface area contributed by atoms with Gasteiger partial charge in [0.1, 0.15) is 0 Å². The Bertz CT molecular complexity index is 453. The average molecular weight is 236 g/mol. The predicted molar refractivity (Wildman–Crippen MR) is 62.8 cm³/mol.